The molecule has 0 aromatic heterocycles. The van der Waals surface area contributed by atoms with Crippen molar-refractivity contribution in [1.29, 1.82) is 0 Å². The van der Waals surface area contributed by atoms with Crippen LogP contribution in [0, 0.1) is 0 Å². The van der Waals surface area contributed by atoms with Gasteiger partial charge in [-0.25, -0.2) is 0 Å². The van der Waals surface area contributed by atoms with Crippen LogP contribution in [0.5, 0.6) is 0 Å². The van der Waals surface area contributed by atoms with Gasteiger partial charge in [0.1, 0.15) is 5.54 Å². The molecule has 0 aliphatic rings. The summed E-state index contributed by atoms with van der Waals surface area (Å²) in [7, 11) is 0. The standard InChI is InChI=1S/C12H22F3NO3/c1-9(2)16-11(3,10(17)18)6-8-19-7-4-5-12(13,14)15/h9,16H,4-8H2,1-3H3,(H,17,18). The van der Waals surface area contributed by atoms with Gasteiger partial charge in [-0.3, -0.25) is 10.1 Å². The van der Waals surface area contributed by atoms with Crippen LogP contribution < -0.4 is 5.32 Å². The largest absolute Gasteiger partial charge is 0.480 e. The average molecular weight is 285 g/mol. The molecule has 0 rings (SSSR count). The Bertz CT molecular complexity index is 282. The number of carboxylic acids is 1. The van der Waals surface area contributed by atoms with E-state index in [2.05, 4.69) is 5.32 Å². The first-order chi connectivity index (χ1) is 8.57. The number of alkyl halides is 3. The third-order valence-electron chi connectivity index (χ3n) is 2.57. The number of hydrogen-bond donors (Lipinski definition) is 2. The lowest BCUT2D eigenvalue weighted by Crippen LogP contribution is -2.53. The van der Waals surface area contributed by atoms with Gasteiger partial charge in [0, 0.05) is 25.7 Å². The van der Waals surface area contributed by atoms with Crippen molar-refractivity contribution in [2.24, 2.45) is 0 Å². The third-order valence-corrected chi connectivity index (χ3v) is 2.57. The fraction of sp³-hybridized carbons (Fsp3) is 0.917. The van der Waals surface area contributed by atoms with Crippen LogP contribution in [0.25, 0.3) is 0 Å². The van der Waals surface area contributed by atoms with E-state index >= 15 is 0 Å². The third kappa shape index (κ3) is 8.83. The Morgan fingerprint density at radius 3 is 2.26 bits per heavy atom. The summed E-state index contributed by atoms with van der Waals surface area (Å²) in [6.07, 6.45) is -4.96. The van der Waals surface area contributed by atoms with Crippen molar-refractivity contribution in [3.8, 4) is 0 Å². The number of halogens is 3. The highest BCUT2D eigenvalue weighted by atomic mass is 19.4. The molecule has 1 unspecified atom stereocenters. The molecule has 7 heteroatoms. The Labute approximate surface area is 111 Å². The van der Waals surface area contributed by atoms with Crippen LogP contribution >= 0.6 is 0 Å². The number of nitrogens with one attached hydrogen (secondary N) is 1. The fourth-order valence-electron chi connectivity index (χ4n) is 1.63. The summed E-state index contributed by atoms with van der Waals surface area (Å²) < 4.78 is 40.6. The van der Waals surface area contributed by atoms with Gasteiger partial charge in [0.15, 0.2) is 0 Å². The topological polar surface area (TPSA) is 58.6 Å². The Morgan fingerprint density at radius 2 is 1.84 bits per heavy atom. The first-order valence-corrected chi connectivity index (χ1v) is 6.22. The molecule has 0 saturated carbocycles. The number of hydrogen-bond acceptors (Lipinski definition) is 3. The molecule has 0 aliphatic carbocycles. The fourth-order valence-corrected chi connectivity index (χ4v) is 1.63. The number of aliphatic carboxylic acids is 1. The van der Waals surface area contributed by atoms with Crippen LogP contribution in [0.15, 0.2) is 0 Å². The highest BCUT2D eigenvalue weighted by Gasteiger charge is 2.33. The van der Waals surface area contributed by atoms with Crippen molar-refractivity contribution in [1.82, 2.24) is 5.32 Å². The molecule has 19 heavy (non-hydrogen) atoms. The summed E-state index contributed by atoms with van der Waals surface area (Å²) in [6.45, 7) is 5.28. The monoisotopic (exact) mass is 285 g/mol. The predicted molar refractivity (Wildman–Crippen MR) is 65.0 cm³/mol. The van der Waals surface area contributed by atoms with Crippen molar-refractivity contribution >= 4 is 5.97 Å². The molecule has 0 fully saturated rings. The van der Waals surface area contributed by atoms with E-state index in [4.69, 9.17) is 9.84 Å². The zero-order valence-electron chi connectivity index (χ0n) is 11.5. The molecular weight excluding hydrogens is 263 g/mol. The number of ether oxygens (including phenoxy) is 1. The molecule has 2 N–H and O–H groups in total. The second-order valence-electron chi connectivity index (χ2n) is 5.02. The lowest BCUT2D eigenvalue weighted by molar-refractivity contribution is -0.145. The van der Waals surface area contributed by atoms with Crippen molar-refractivity contribution in [2.45, 2.75) is 57.8 Å². The van der Waals surface area contributed by atoms with Gasteiger partial charge in [-0.1, -0.05) is 0 Å². The Kier molecular flexibility index (Phi) is 7.36. The van der Waals surface area contributed by atoms with Crippen LogP contribution in [-0.4, -0.2) is 42.0 Å². The van der Waals surface area contributed by atoms with Crippen LogP contribution in [0.1, 0.15) is 40.0 Å². The summed E-state index contributed by atoms with van der Waals surface area (Å²) in [5, 5.41) is 12.0. The van der Waals surface area contributed by atoms with E-state index in [0.29, 0.717) is 0 Å². The molecule has 114 valence electrons. The molecule has 0 aromatic rings. The smallest absolute Gasteiger partial charge is 0.389 e. The minimum atomic E-state index is -4.17. The average Bonchev–Trinajstić information content (AvgIpc) is 2.20. The van der Waals surface area contributed by atoms with Crippen molar-refractivity contribution in [2.75, 3.05) is 13.2 Å². The number of rotatable bonds is 9. The van der Waals surface area contributed by atoms with E-state index in [9.17, 15) is 18.0 Å². The SMILES string of the molecule is CC(C)NC(C)(CCOCCCC(F)(F)F)C(=O)O. The highest BCUT2D eigenvalue weighted by molar-refractivity contribution is 5.78. The van der Waals surface area contributed by atoms with Gasteiger partial charge >= 0.3 is 12.1 Å². The van der Waals surface area contributed by atoms with Gasteiger partial charge in [0.25, 0.3) is 0 Å². The zero-order valence-corrected chi connectivity index (χ0v) is 11.5. The summed E-state index contributed by atoms with van der Waals surface area (Å²) in [4.78, 5) is 11.1. The van der Waals surface area contributed by atoms with Crippen molar-refractivity contribution < 1.29 is 27.8 Å². The summed E-state index contributed by atoms with van der Waals surface area (Å²) >= 11 is 0. The van der Waals surface area contributed by atoms with Crippen LogP contribution in [-0.2, 0) is 9.53 Å². The van der Waals surface area contributed by atoms with E-state index < -0.39 is 24.1 Å². The number of carboxylic acid groups (broad SMARTS) is 1. The summed E-state index contributed by atoms with van der Waals surface area (Å²) in [5.74, 6) is -1.000. The lowest BCUT2D eigenvalue weighted by atomic mass is 9.97. The molecule has 0 aliphatic heterocycles. The van der Waals surface area contributed by atoms with E-state index in [0.717, 1.165) is 0 Å². The van der Waals surface area contributed by atoms with Gasteiger partial charge in [0.2, 0.25) is 0 Å². The first-order valence-electron chi connectivity index (χ1n) is 6.22. The van der Waals surface area contributed by atoms with Crippen molar-refractivity contribution in [3.05, 3.63) is 0 Å². The minimum absolute atomic E-state index is 0.00803. The minimum Gasteiger partial charge on any atom is -0.480 e. The molecule has 1 atom stereocenters. The van der Waals surface area contributed by atoms with Crippen LogP contribution in [0.4, 0.5) is 13.2 Å². The predicted octanol–water partition coefficient (Wildman–Crippen LogP) is 2.58. The van der Waals surface area contributed by atoms with Gasteiger partial charge in [-0.05, 0) is 33.6 Å². The van der Waals surface area contributed by atoms with Crippen LogP contribution in [0.2, 0.25) is 0 Å². The molecular formula is C12H22F3NO3. The number of carbonyl (C=O) groups is 1. The highest BCUT2D eigenvalue weighted by Crippen LogP contribution is 2.21. The van der Waals surface area contributed by atoms with E-state index in [-0.39, 0.29) is 32.1 Å². The molecule has 0 saturated heterocycles. The van der Waals surface area contributed by atoms with Crippen LogP contribution in [0.3, 0.4) is 0 Å². The van der Waals surface area contributed by atoms with Gasteiger partial charge in [0.05, 0.1) is 0 Å². The maximum Gasteiger partial charge on any atom is 0.389 e. The van der Waals surface area contributed by atoms with Gasteiger partial charge < -0.3 is 9.84 Å². The second kappa shape index (κ2) is 7.69. The second-order valence-corrected chi connectivity index (χ2v) is 5.02. The lowest BCUT2D eigenvalue weighted by Gasteiger charge is -2.28. The molecule has 0 aromatic carbocycles. The Hall–Kier alpha value is -0.820. The molecule has 0 spiro atoms. The quantitative estimate of drug-likeness (QED) is 0.639. The van der Waals surface area contributed by atoms with Gasteiger partial charge in [-0.2, -0.15) is 13.2 Å². The maximum atomic E-state index is 11.9. The molecule has 0 radical (unpaired) electrons. The maximum absolute atomic E-state index is 11.9. The molecule has 0 bridgehead atoms. The molecule has 4 nitrogen and oxygen atoms in total. The van der Waals surface area contributed by atoms with E-state index in [1.807, 2.05) is 13.8 Å². The van der Waals surface area contributed by atoms with Gasteiger partial charge in [-0.15, -0.1) is 0 Å². The zero-order chi connectivity index (χ0) is 15.1. The summed E-state index contributed by atoms with van der Waals surface area (Å²) in [6, 6.07) is -0.00803. The Morgan fingerprint density at radius 1 is 1.26 bits per heavy atom. The Balaban J connectivity index is 3.92. The van der Waals surface area contributed by atoms with E-state index in [1.54, 1.807) is 0 Å². The van der Waals surface area contributed by atoms with Crippen molar-refractivity contribution in [3.63, 3.8) is 0 Å². The van der Waals surface area contributed by atoms with E-state index in [1.165, 1.54) is 6.92 Å². The summed E-state index contributed by atoms with van der Waals surface area (Å²) in [5.41, 5.74) is -1.13. The molecule has 0 amide bonds. The first kappa shape index (κ1) is 18.2. The molecule has 0 heterocycles. The normalized spacial score (nSPS) is 15.5.